The summed E-state index contributed by atoms with van der Waals surface area (Å²) in [5.74, 6) is -0.476. The van der Waals surface area contributed by atoms with Gasteiger partial charge in [0.15, 0.2) is 6.04 Å². The van der Waals surface area contributed by atoms with Crippen molar-refractivity contribution in [1.29, 1.82) is 0 Å². The van der Waals surface area contributed by atoms with Crippen molar-refractivity contribution in [2.24, 2.45) is 0 Å². The van der Waals surface area contributed by atoms with Gasteiger partial charge in [0.25, 0.3) is 0 Å². The molecule has 0 aliphatic carbocycles. The summed E-state index contributed by atoms with van der Waals surface area (Å²) >= 11 is 0. The van der Waals surface area contributed by atoms with Crippen molar-refractivity contribution in [2.45, 2.75) is 18.7 Å². The summed E-state index contributed by atoms with van der Waals surface area (Å²) in [7, 11) is 0. The van der Waals surface area contributed by atoms with E-state index in [1.54, 1.807) is 24.3 Å². The lowest BCUT2D eigenvalue weighted by Crippen LogP contribution is -2.38. The minimum Gasteiger partial charge on any atom is -0.490 e. The van der Waals surface area contributed by atoms with Gasteiger partial charge in [0.2, 0.25) is 0 Å². The first kappa shape index (κ1) is 18.1. The molecule has 1 N–H and O–H groups in total. The summed E-state index contributed by atoms with van der Waals surface area (Å²) in [6, 6.07) is 12.8. The maximum absolute atomic E-state index is 12.9. The molecule has 2 bridgehead atoms. The Morgan fingerprint density at radius 1 is 1.21 bits per heavy atom. The van der Waals surface area contributed by atoms with E-state index in [-0.39, 0.29) is 13.2 Å². The van der Waals surface area contributed by atoms with Crippen LogP contribution in [0.5, 0.6) is 5.75 Å². The van der Waals surface area contributed by atoms with Gasteiger partial charge in [0, 0.05) is 0 Å². The van der Waals surface area contributed by atoms with Gasteiger partial charge >= 0.3 is 12.0 Å². The molecule has 2 aliphatic heterocycles. The molecule has 2 aromatic rings. The molecular formula is C21H20N2O5. The summed E-state index contributed by atoms with van der Waals surface area (Å²) in [5.41, 5.74) is 2.22. The largest absolute Gasteiger partial charge is 0.490 e. The lowest BCUT2D eigenvalue weighted by molar-refractivity contribution is -0.143. The van der Waals surface area contributed by atoms with E-state index in [1.165, 1.54) is 9.96 Å². The quantitative estimate of drug-likeness (QED) is 0.746. The van der Waals surface area contributed by atoms with Crippen molar-refractivity contribution in [3.63, 3.8) is 0 Å². The summed E-state index contributed by atoms with van der Waals surface area (Å²) in [6.45, 7) is 4.44. The number of nitrogens with zero attached hydrogens (tertiary/aromatic N) is 2. The van der Waals surface area contributed by atoms with E-state index in [0.29, 0.717) is 17.9 Å². The van der Waals surface area contributed by atoms with Crippen LogP contribution in [0.3, 0.4) is 0 Å². The zero-order valence-electron chi connectivity index (χ0n) is 15.2. The van der Waals surface area contributed by atoms with Gasteiger partial charge in [-0.05, 0) is 28.8 Å². The number of hydroxylamine groups is 2. The van der Waals surface area contributed by atoms with Gasteiger partial charge in [-0.1, -0.05) is 49.1 Å². The number of hydrogen-bond donors (Lipinski definition) is 1. The molecule has 2 aliphatic rings. The Labute approximate surface area is 162 Å². The zero-order valence-corrected chi connectivity index (χ0v) is 15.2. The molecule has 2 aromatic carbocycles. The number of amides is 2. The first-order chi connectivity index (χ1) is 13.6. The Morgan fingerprint density at radius 2 is 2.00 bits per heavy atom. The molecule has 1 fully saturated rings. The maximum atomic E-state index is 12.9. The average molecular weight is 380 g/mol. The molecule has 144 valence electrons. The van der Waals surface area contributed by atoms with Crippen molar-refractivity contribution in [3.05, 3.63) is 77.9 Å². The number of carbonyl (C=O) groups is 2. The Hall–Kier alpha value is -3.32. The van der Waals surface area contributed by atoms with Crippen molar-refractivity contribution in [3.8, 4) is 5.75 Å². The van der Waals surface area contributed by atoms with Crippen molar-refractivity contribution in [1.82, 2.24) is 9.96 Å². The number of carboxylic acids is 1. The van der Waals surface area contributed by atoms with Gasteiger partial charge in [-0.15, -0.1) is 0 Å². The lowest BCUT2D eigenvalue weighted by Gasteiger charge is -2.30. The predicted molar refractivity (Wildman–Crippen MR) is 100 cm³/mol. The van der Waals surface area contributed by atoms with Crippen LogP contribution in [0.25, 0.3) is 0 Å². The number of ether oxygens (including phenoxy) is 1. The van der Waals surface area contributed by atoms with Gasteiger partial charge < -0.3 is 14.7 Å². The molecule has 2 heterocycles. The summed E-state index contributed by atoms with van der Waals surface area (Å²) in [4.78, 5) is 31.9. The molecule has 0 aromatic heterocycles. The standard InChI is InChI=1S/C21H20N2O5/c1-2-10-27-15-8-9-16-17(11-15)18-12-22(19(16)20(24)25)21(26)23(18)28-13-14-6-4-3-5-7-14/h2-9,11,18-19H,1,10,12-13H2,(H,24,25)/t18-,19+/m0/s1. The van der Waals surface area contributed by atoms with E-state index >= 15 is 0 Å². The van der Waals surface area contributed by atoms with Crippen LogP contribution in [0.1, 0.15) is 28.8 Å². The fourth-order valence-electron chi connectivity index (χ4n) is 3.67. The van der Waals surface area contributed by atoms with E-state index < -0.39 is 24.1 Å². The molecule has 4 rings (SSSR count). The van der Waals surface area contributed by atoms with E-state index in [1.807, 2.05) is 30.3 Å². The molecular weight excluding hydrogens is 360 g/mol. The van der Waals surface area contributed by atoms with Gasteiger partial charge in [0.05, 0.1) is 6.54 Å². The summed E-state index contributed by atoms with van der Waals surface area (Å²) < 4.78 is 5.59. The number of benzene rings is 2. The van der Waals surface area contributed by atoms with Crippen LogP contribution < -0.4 is 4.74 Å². The fraction of sp³-hybridized carbons (Fsp3) is 0.238. The van der Waals surface area contributed by atoms with Gasteiger partial charge in [0.1, 0.15) is 25.0 Å². The third-order valence-electron chi connectivity index (χ3n) is 4.93. The van der Waals surface area contributed by atoms with Gasteiger partial charge in [-0.3, -0.25) is 4.84 Å². The highest BCUT2D eigenvalue weighted by molar-refractivity contribution is 5.87. The molecule has 2 amide bonds. The van der Waals surface area contributed by atoms with Crippen molar-refractivity contribution < 1.29 is 24.3 Å². The first-order valence-corrected chi connectivity index (χ1v) is 8.97. The Balaban J connectivity index is 1.66. The average Bonchev–Trinajstić information content (AvgIpc) is 2.98. The van der Waals surface area contributed by atoms with Crippen LogP contribution in [0, 0.1) is 0 Å². The van der Waals surface area contributed by atoms with Crippen LogP contribution >= 0.6 is 0 Å². The highest BCUT2D eigenvalue weighted by Crippen LogP contribution is 2.45. The van der Waals surface area contributed by atoms with E-state index in [0.717, 1.165) is 11.1 Å². The van der Waals surface area contributed by atoms with Crippen LogP contribution in [0.15, 0.2) is 61.2 Å². The normalized spacial score (nSPS) is 20.1. The molecule has 0 saturated carbocycles. The number of carboxylic acid groups (broad SMARTS) is 1. The highest BCUT2D eigenvalue weighted by Gasteiger charge is 2.51. The number of urea groups is 1. The number of carbonyl (C=O) groups excluding carboxylic acids is 1. The number of fused-ring (bicyclic) bond motifs is 4. The van der Waals surface area contributed by atoms with E-state index in [9.17, 15) is 14.7 Å². The Morgan fingerprint density at radius 3 is 2.71 bits per heavy atom. The monoisotopic (exact) mass is 380 g/mol. The molecule has 0 unspecified atom stereocenters. The number of aliphatic carboxylic acids is 1. The molecule has 28 heavy (non-hydrogen) atoms. The lowest BCUT2D eigenvalue weighted by atomic mass is 9.91. The second-order valence-electron chi connectivity index (χ2n) is 6.67. The molecule has 7 nitrogen and oxygen atoms in total. The fourth-order valence-corrected chi connectivity index (χ4v) is 3.67. The minimum atomic E-state index is -1.07. The van der Waals surface area contributed by atoms with Crippen LogP contribution in [-0.4, -0.2) is 40.2 Å². The molecule has 0 radical (unpaired) electrons. The van der Waals surface area contributed by atoms with E-state index in [4.69, 9.17) is 9.57 Å². The molecule has 0 spiro atoms. The van der Waals surface area contributed by atoms with Crippen molar-refractivity contribution >= 4 is 12.0 Å². The molecule has 2 atom stereocenters. The van der Waals surface area contributed by atoms with Crippen LogP contribution in [0.4, 0.5) is 4.79 Å². The van der Waals surface area contributed by atoms with E-state index in [2.05, 4.69) is 6.58 Å². The second kappa shape index (κ2) is 7.36. The number of rotatable bonds is 7. The van der Waals surface area contributed by atoms with Crippen LogP contribution in [-0.2, 0) is 16.2 Å². The number of hydrogen-bond acceptors (Lipinski definition) is 4. The third-order valence-corrected chi connectivity index (χ3v) is 4.93. The Bertz CT molecular complexity index is 914. The second-order valence-corrected chi connectivity index (χ2v) is 6.67. The van der Waals surface area contributed by atoms with Gasteiger partial charge in [-0.25, -0.2) is 9.59 Å². The third kappa shape index (κ3) is 3.10. The highest BCUT2D eigenvalue weighted by atomic mass is 16.7. The molecule has 7 heteroatoms. The smallest absolute Gasteiger partial charge is 0.345 e. The SMILES string of the molecule is C=CCOc1ccc2c(c1)[C@@H]1CN(C(=O)N1OCc1ccccc1)[C@H]2C(=O)O. The zero-order chi connectivity index (χ0) is 19.7. The molecule has 1 saturated heterocycles. The maximum Gasteiger partial charge on any atom is 0.345 e. The summed E-state index contributed by atoms with van der Waals surface area (Å²) in [5, 5.41) is 11.0. The Kier molecular flexibility index (Phi) is 4.75. The first-order valence-electron chi connectivity index (χ1n) is 8.97. The predicted octanol–water partition coefficient (Wildman–Crippen LogP) is 3.30. The summed E-state index contributed by atoms with van der Waals surface area (Å²) in [6.07, 6.45) is 1.63. The topological polar surface area (TPSA) is 79.3 Å². The van der Waals surface area contributed by atoms with Gasteiger partial charge in [-0.2, -0.15) is 5.06 Å². The van der Waals surface area contributed by atoms with Crippen molar-refractivity contribution in [2.75, 3.05) is 13.2 Å². The van der Waals surface area contributed by atoms with Crippen LogP contribution in [0.2, 0.25) is 0 Å². The minimum absolute atomic E-state index is 0.219.